The number of benzene rings is 1. The number of aromatic nitrogens is 4. The highest BCUT2D eigenvalue weighted by molar-refractivity contribution is 6.02. The molecule has 2 rings (SSSR count). The molecule has 0 fully saturated rings. The lowest BCUT2D eigenvalue weighted by molar-refractivity contribution is -0.118. The van der Waals surface area contributed by atoms with E-state index in [-0.39, 0.29) is 16.8 Å². The van der Waals surface area contributed by atoms with E-state index >= 15 is 0 Å². The number of nitrogens with two attached hydrogens (primary N) is 1. The molecule has 1 heterocycles. The molecule has 23 heavy (non-hydrogen) atoms. The van der Waals surface area contributed by atoms with Gasteiger partial charge < -0.3 is 10.5 Å². The standard InChI is InChI=1S/C14H12N6O3/c1-9(16)11(6-15)13(21)7-23-14(22)10-4-2-3-5-12(10)20-8-17-18-19-20/h2-5,8H,7,16H2,1H3/b11-9+. The van der Waals surface area contributed by atoms with Crippen LogP contribution in [0.15, 0.2) is 41.9 Å². The van der Waals surface area contributed by atoms with Crippen molar-refractivity contribution < 1.29 is 14.3 Å². The summed E-state index contributed by atoms with van der Waals surface area (Å²) in [5, 5.41) is 19.5. The van der Waals surface area contributed by atoms with Crippen LogP contribution in [0.1, 0.15) is 17.3 Å². The molecule has 1 aromatic carbocycles. The predicted molar refractivity (Wildman–Crippen MR) is 76.9 cm³/mol. The summed E-state index contributed by atoms with van der Waals surface area (Å²) < 4.78 is 6.25. The third kappa shape index (κ3) is 3.56. The predicted octanol–water partition coefficient (Wildman–Crippen LogP) is 0.144. The summed E-state index contributed by atoms with van der Waals surface area (Å²) in [5.41, 5.74) is 5.85. The molecular formula is C14H12N6O3. The Bertz CT molecular complexity index is 800. The number of allylic oxidation sites excluding steroid dienone is 1. The minimum atomic E-state index is -0.739. The van der Waals surface area contributed by atoms with Crippen LogP contribution >= 0.6 is 0 Å². The Morgan fingerprint density at radius 1 is 1.39 bits per heavy atom. The van der Waals surface area contributed by atoms with Crippen LogP contribution in [0, 0.1) is 11.3 Å². The molecule has 9 nitrogen and oxygen atoms in total. The first kappa shape index (κ1) is 15.8. The highest BCUT2D eigenvalue weighted by atomic mass is 16.5. The molecule has 2 aromatic rings. The summed E-state index contributed by atoms with van der Waals surface area (Å²) in [6, 6.07) is 8.16. The van der Waals surface area contributed by atoms with Crippen LogP contribution in [0.25, 0.3) is 5.69 Å². The average molecular weight is 312 g/mol. The third-order valence-electron chi connectivity index (χ3n) is 2.84. The molecule has 0 unspecified atom stereocenters. The van der Waals surface area contributed by atoms with Gasteiger partial charge in [-0.15, -0.1) is 5.10 Å². The molecule has 0 aliphatic heterocycles. The molecule has 9 heteroatoms. The van der Waals surface area contributed by atoms with E-state index in [1.165, 1.54) is 24.0 Å². The molecule has 0 saturated carbocycles. The number of nitrogens with zero attached hydrogens (tertiary/aromatic N) is 5. The molecule has 0 atom stereocenters. The lowest BCUT2D eigenvalue weighted by Crippen LogP contribution is -2.18. The van der Waals surface area contributed by atoms with Crippen molar-refractivity contribution in [3.8, 4) is 11.8 Å². The molecule has 0 radical (unpaired) electrons. The molecule has 0 spiro atoms. The molecule has 2 N–H and O–H groups in total. The number of hydrogen-bond acceptors (Lipinski definition) is 8. The van der Waals surface area contributed by atoms with Crippen LogP contribution in [-0.4, -0.2) is 38.6 Å². The fraction of sp³-hybridized carbons (Fsp3) is 0.143. The molecule has 1 aromatic heterocycles. The maximum atomic E-state index is 12.2. The second-order valence-corrected chi connectivity index (χ2v) is 4.44. The summed E-state index contributed by atoms with van der Waals surface area (Å²) in [4.78, 5) is 23.9. The summed E-state index contributed by atoms with van der Waals surface area (Å²) in [6.07, 6.45) is 1.32. The number of para-hydroxylation sites is 1. The van der Waals surface area contributed by atoms with Gasteiger partial charge in [0.15, 0.2) is 6.61 Å². The number of ether oxygens (including phenoxy) is 1. The van der Waals surface area contributed by atoms with Crippen LogP contribution in [0.4, 0.5) is 0 Å². The van der Waals surface area contributed by atoms with E-state index in [4.69, 9.17) is 15.7 Å². The van der Waals surface area contributed by atoms with E-state index in [2.05, 4.69) is 15.5 Å². The monoisotopic (exact) mass is 312 g/mol. The van der Waals surface area contributed by atoms with E-state index in [1.54, 1.807) is 24.3 Å². The largest absolute Gasteiger partial charge is 0.454 e. The van der Waals surface area contributed by atoms with Crippen molar-refractivity contribution in [2.45, 2.75) is 6.92 Å². The molecular weight excluding hydrogens is 300 g/mol. The lowest BCUT2D eigenvalue weighted by atomic mass is 10.1. The molecule has 0 amide bonds. The third-order valence-corrected chi connectivity index (χ3v) is 2.84. The van der Waals surface area contributed by atoms with Crippen LogP contribution in [0.3, 0.4) is 0 Å². The minimum Gasteiger partial charge on any atom is -0.454 e. The average Bonchev–Trinajstić information content (AvgIpc) is 3.07. The van der Waals surface area contributed by atoms with Crippen molar-refractivity contribution >= 4 is 11.8 Å². The number of rotatable bonds is 5. The first-order valence-electron chi connectivity index (χ1n) is 6.43. The Kier molecular flexibility index (Phi) is 4.79. The van der Waals surface area contributed by atoms with E-state index in [9.17, 15) is 9.59 Å². The Hall–Kier alpha value is -3.54. The fourth-order valence-corrected chi connectivity index (χ4v) is 1.77. The number of ketones is 1. The van der Waals surface area contributed by atoms with Gasteiger partial charge in [0.2, 0.25) is 5.78 Å². The zero-order valence-corrected chi connectivity index (χ0v) is 12.1. The van der Waals surface area contributed by atoms with Gasteiger partial charge in [-0.05, 0) is 29.5 Å². The van der Waals surface area contributed by atoms with E-state index in [0.29, 0.717) is 5.69 Å². The minimum absolute atomic E-state index is 0.0719. The topological polar surface area (TPSA) is 137 Å². The van der Waals surface area contributed by atoms with Crippen LogP contribution in [0.5, 0.6) is 0 Å². The fourth-order valence-electron chi connectivity index (χ4n) is 1.77. The quantitative estimate of drug-likeness (QED) is 0.467. The molecule has 0 aliphatic carbocycles. The zero-order chi connectivity index (χ0) is 16.8. The van der Waals surface area contributed by atoms with Gasteiger partial charge >= 0.3 is 5.97 Å². The molecule has 116 valence electrons. The lowest BCUT2D eigenvalue weighted by Gasteiger charge is -2.08. The van der Waals surface area contributed by atoms with Gasteiger partial charge in [0, 0.05) is 5.70 Å². The van der Waals surface area contributed by atoms with Crippen molar-refractivity contribution in [2.75, 3.05) is 6.61 Å². The number of carbonyl (C=O) groups is 2. The number of esters is 1. The van der Waals surface area contributed by atoms with Crippen molar-refractivity contribution in [3.63, 3.8) is 0 Å². The molecule has 0 saturated heterocycles. The molecule has 0 aliphatic rings. The number of carbonyl (C=O) groups excluding carboxylic acids is 2. The van der Waals surface area contributed by atoms with Crippen molar-refractivity contribution in [2.24, 2.45) is 5.73 Å². The van der Waals surface area contributed by atoms with Gasteiger partial charge in [-0.1, -0.05) is 12.1 Å². The normalized spacial score (nSPS) is 11.3. The number of Topliss-reactive ketones (excluding diaryl/α,β-unsaturated/α-hetero) is 1. The van der Waals surface area contributed by atoms with Gasteiger partial charge in [-0.2, -0.15) is 9.94 Å². The SMILES string of the molecule is C/C(N)=C(/C#N)C(=O)COC(=O)c1ccccc1-n1cnnn1. The highest BCUT2D eigenvalue weighted by Gasteiger charge is 2.18. The summed E-state index contributed by atoms with van der Waals surface area (Å²) in [6.45, 7) is 0.839. The summed E-state index contributed by atoms with van der Waals surface area (Å²) >= 11 is 0. The number of nitriles is 1. The van der Waals surface area contributed by atoms with E-state index in [0.717, 1.165) is 0 Å². The second-order valence-electron chi connectivity index (χ2n) is 4.44. The van der Waals surface area contributed by atoms with E-state index in [1.807, 2.05) is 0 Å². The van der Waals surface area contributed by atoms with Crippen molar-refractivity contribution in [1.82, 2.24) is 20.2 Å². The van der Waals surface area contributed by atoms with Crippen LogP contribution in [-0.2, 0) is 9.53 Å². The van der Waals surface area contributed by atoms with Crippen LogP contribution < -0.4 is 5.73 Å². The highest BCUT2D eigenvalue weighted by Crippen LogP contribution is 2.14. The Morgan fingerprint density at radius 3 is 2.74 bits per heavy atom. The number of hydrogen-bond donors (Lipinski definition) is 1. The Balaban J connectivity index is 2.16. The van der Waals surface area contributed by atoms with Gasteiger partial charge in [0.1, 0.15) is 18.0 Å². The van der Waals surface area contributed by atoms with Crippen molar-refractivity contribution in [1.29, 1.82) is 5.26 Å². The summed E-state index contributed by atoms with van der Waals surface area (Å²) in [7, 11) is 0. The van der Waals surface area contributed by atoms with E-state index < -0.39 is 18.4 Å². The van der Waals surface area contributed by atoms with Gasteiger partial charge in [-0.3, -0.25) is 4.79 Å². The van der Waals surface area contributed by atoms with Gasteiger partial charge in [-0.25, -0.2) is 4.79 Å². The van der Waals surface area contributed by atoms with Crippen molar-refractivity contribution in [3.05, 3.63) is 47.4 Å². The zero-order valence-electron chi connectivity index (χ0n) is 12.1. The first-order valence-corrected chi connectivity index (χ1v) is 6.43. The van der Waals surface area contributed by atoms with Gasteiger partial charge in [0.05, 0.1) is 11.3 Å². The Labute approximate surface area is 131 Å². The molecule has 0 bridgehead atoms. The number of tetrazole rings is 1. The smallest absolute Gasteiger partial charge is 0.340 e. The maximum Gasteiger partial charge on any atom is 0.340 e. The van der Waals surface area contributed by atoms with Crippen LogP contribution in [0.2, 0.25) is 0 Å². The maximum absolute atomic E-state index is 12.2. The summed E-state index contributed by atoms with van der Waals surface area (Å²) in [5.74, 6) is -1.41. The first-order chi connectivity index (χ1) is 11.0. The Morgan fingerprint density at radius 2 is 2.13 bits per heavy atom. The second kappa shape index (κ2) is 6.95. The van der Waals surface area contributed by atoms with Gasteiger partial charge in [0.25, 0.3) is 0 Å².